The van der Waals surface area contributed by atoms with E-state index in [0.29, 0.717) is 12.1 Å². The summed E-state index contributed by atoms with van der Waals surface area (Å²) in [5.74, 6) is 0.732. The number of carbonyl (C=O) groups is 1. The second-order valence-electron chi connectivity index (χ2n) is 5.51. The number of halogens is 1. The first kappa shape index (κ1) is 13.9. The average molecular weight is 339 g/mol. The molecule has 1 aromatic carbocycles. The van der Waals surface area contributed by atoms with Gasteiger partial charge in [-0.15, -0.1) is 0 Å². The van der Waals surface area contributed by atoms with Crippen LogP contribution in [0.25, 0.3) is 0 Å². The largest absolute Gasteiger partial charge is 0.482 e. The lowest BCUT2D eigenvalue weighted by atomic mass is 10.2. The number of nitrogens with one attached hydrogen (secondary N) is 2. The minimum Gasteiger partial charge on any atom is -0.482 e. The van der Waals surface area contributed by atoms with Crippen LogP contribution in [0.2, 0.25) is 0 Å². The zero-order chi connectivity index (χ0) is 13.9. The number of rotatable bonds is 7. The lowest BCUT2D eigenvalue weighted by Gasteiger charge is -2.13. The molecule has 1 aromatic rings. The van der Waals surface area contributed by atoms with E-state index >= 15 is 0 Å². The molecular weight excluding hydrogens is 320 g/mol. The molecule has 0 spiro atoms. The number of carbonyl (C=O) groups excluding carboxylic acids is 1. The molecule has 5 heteroatoms. The molecule has 2 aliphatic carbocycles. The average Bonchev–Trinajstić information content (AvgIpc) is 3.30. The molecule has 2 aliphatic rings. The van der Waals surface area contributed by atoms with Crippen molar-refractivity contribution in [3.05, 3.63) is 28.2 Å². The van der Waals surface area contributed by atoms with Gasteiger partial charge in [-0.1, -0.05) is 12.1 Å². The highest BCUT2D eigenvalue weighted by atomic mass is 79.9. The third-order valence-corrected chi connectivity index (χ3v) is 4.12. The highest BCUT2D eigenvalue weighted by Gasteiger charge is 2.24. The van der Waals surface area contributed by atoms with Crippen molar-refractivity contribution < 1.29 is 9.53 Å². The minimum atomic E-state index is -0.0376. The molecular formula is C15H19BrN2O2. The molecule has 108 valence electrons. The molecule has 0 unspecified atom stereocenters. The molecule has 1 amide bonds. The third-order valence-electron chi connectivity index (χ3n) is 3.50. The van der Waals surface area contributed by atoms with Gasteiger partial charge in [0.2, 0.25) is 0 Å². The Kier molecular flexibility index (Phi) is 4.27. The summed E-state index contributed by atoms with van der Waals surface area (Å²) in [6.45, 7) is 0.860. The summed E-state index contributed by atoms with van der Waals surface area (Å²) in [5.41, 5.74) is 1.09. The van der Waals surface area contributed by atoms with Crippen LogP contribution >= 0.6 is 15.9 Å². The Balaban J connectivity index is 1.58. The highest BCUT2D eigenvalue weighted by molar-refractivity contribution is 9.10. The van der Waals surface area contributed by atoms with Crippen molar-refractivity contribution in [1.29, 1.82) is 0 Å². The van der Waals surface area contributed by atoms with Crippen molar-refractivity contribution in [1.82, 2.24) is 10.6 Å². The predicted molar refractivity (Wildman–Crippen MR) is 80.7 cm³/mol. The Bertz CT molecular complexity index is 499. The molecule has 4 nitrogen and oxygen atoms in total. The highest BCUT2D eigenvalue weighted by Crippen LogP contribution is 2.30. The van der Waals surface area contributed by atoms with Gasteiger partial charge in [0, 0.05) is 24.2 Å². The summed E-state index contributed by atoms with van der Waals surface area (Å²) >= 11 is 3.50. The molecule has 2 saturated carbocycles. The van der Waals surface area contributed by atoms with Crippen LogP contribution in [0.3, 0.4) is 0 Å². The molecule has 2 fully saturated rings. The Hall–Kier alpha value is -1.07. The number of hydrogen-bond donors (Lipinski definition) is 2. The molecule has 0 aliphatic heterocycles. The molecule has 20 heavy (non-hydrogen) atoms. The van der Waals surface area contributed by atoms with Gasteiger partial charge >= 0.3 is 0 Å². The molecule has 0 heterocycles. The van der Waals surface area contributed by atoms with Crippen LogP contribution in [0.1, 0.15) is 31.2 Å². The number of ether oxygens (including phenoxy) is 1. The van der Waals surface area contributed by atoms with Crippen LogP contribution in [0.5, 0.6) is 5.75 Å². The fourth-order valence-electron chi connectivity index (χ4n) is 2.03. The SMILES string of the molecule is O=C(COc1c(Br)cccc1CNC1CC1)NC1CC1. The lowest BCUT2D eigenvalue weighted by Crippen LogP contribution is -2.30. The first-order chi connectivity index (χ1) is 9.72. The van der Waals surface area contributed by atoms with Gasteiger partial charge in [-0.3, -0.25) is 4.79 Å². The lowest BCUT2D eigenvalue weighted by molar-refractivity contribution is -0.123. The van der Waals surface area contributed by atoms with E-state index in [1.807, 2.05) is 18.2 Å². The number of amides is 1. The molecule has 0 atom stereocenters. The number of hydrogen-bond acceptors (Lipinski definition) is 3. The van der Waals surface area contributed by atoms with Crippen LogP contribution in [-0.2, 0) is 11.3 Å². The van der Waals surface area contributed by atoms with Crippen LogP contribution < -0.4 is 15.4 Å². The van der Waals surface area contributed by atoms with E-state index in [0.717, 1.165) is 35.2 Å². The van der Waals surface area contributed by atoms with Gasteiger partial charge in [0.1, 0.15) is 5.75 Å². The van der Waals surface area contributed by atoms with E-state index in [4.69, 9.17) is 4.74 Å². The predicted octanol–water partition coefficient (Wildman–Crippen LogP) is 2.36. The maximum atomic E-state index is 11.7. The minimum absolute atomic E-state index is 0.0376. The Labute approximate surface area is 127 Å². The van der Waals surface area contributed by atoms with E-state index < -0.39 is 0 Å². The standard InChI is InChI=1S/C15H19BrN2O2/c16-13-3-1-2-10(8-17-11-4-5-11)15(13)20-9-14(19)18-12-6-7-12/h1-3,11-12,17H,4-9H2,(H,18,19). The van der Waals surface area contributed by atoms with Gasteiger partial charge in [-0.25, -0.2) is 0 Å². The topological polar surface area (TPSA) is 50.4 Å². The van der Waals surface area contributed by atoms with Gasteiger partial charge in [-0.05, 0) is 47.7 Å². The summed E-state index contributed by atoms with van der Waals surface area (Å²) in [4.78, 5) is 11.7. The molecule has 0 radical (unpaired) electrons. The maximum absolute atomic E-state index is 11.7. The van der Waals surface area contributed by atoms with Gasteiger partial charge in [-0.2, -0.15) is 0 Å². The Morgan fingerprint density at radius 1 is 1.25 bits per heavy atom. The molecule has 3 rings (SSSR count). The van der Waals surface area contributed by atoms with Gasteiger partial charge < -0.3 is 15.4 Å². The second kappa shape index (κ2) is 6.14. The zero-order valence-electron chi connectivity index (χ0n) is 11.3. The first-order valence-electron chi connectivity index (χ1n) is 7.15. The second-order valence-corrected chi connectivity index (χ2v) is 6.37. The summed E-state index contributed by atoms with van der Waals surface area (Å²) < 4.78 is 6.61. The number of para-hydroxylation sites is 1. The van der Waals surface area contributed by atoms with Crippen LogP contribution in [-0.4, -0.2) is 24.6 Å². The van der Waals surface area contributed by atoms with Crippen molar-refractivity contribution in [2.24, 2.45) is 0 Å². The van der Waals surface area contributed by atoms with Crippen molar-refractivity contribution in [3.63, 3.8) is 0 Å². The summed E-state index contributed by atoms with van der Waals surface area (Å²) in [5, 5.41) is 6.40. The summed E-state index contributed by atoms with van der Waals surface area (Å²) in [6, 6.07) is 7.00. The fraction of sp³-hybridized carbons (Fsp3) is 0.533. The normalized spacial score (nSPS) is 17.9. The van der Waals surface area contributed by atoms with Crippen LogP contribution in [0, 0.1) is 0 Å². The van der Waals surface area contributed by atoms with E-state index in [9.17, 15) is 4.79 Å². The van der Waals surface area contributed by atoms with Crippen LogP contribution in [0.4, 0.5) is 0 Å². The van der Waals surface area contributed by atoms with Gasteiger partial charge in [0.15, 0.2) is 6.61 Å². The quantitative estimate of drug-likeness (QED) is 0.802. The summed E-state index contributed by atoms with van der Waals surface area (Å²) in [6.07, 6.45) is 4.70. The van der Waals surface area contributed by atoms with Gasteiger partial charge in [0.25, 0.3) is 5.91 Å². The zero-order valence-corrected chi connectivity index (χ0v) is 12.9. The van der Waals surface area contributed by atoms with Crippen molar-refractivity contribution in [3.8, 4) is 5.75 Å². The third kappa shape index (κ3) is 3.96. The van der Waals surface area contributed by atoms with E-state index in [1.165, 1.54) is 12.8 Å². The Morgan fingerprint density at radius 3 is 2.70 bits per heavy atom. The first-order valence-corrected chi connectivity index (χ1v) is 7.94. The smallest absolute Gasteiger partial charge is 0.258 e. The Morgan fingerprint density at radius 2 is 2.00 bits per heavy atom. The van der Waals surface area contributed by atoms with Crippen LogP contribution in [0.15, 0.2) is 22.7 Å². The molecule has 0 saturated heterocycles. The molecule has 2 N–H and O–H groups in total. The van der Waals surface area contributed by atoms with E-state index in [1.54, 1.807) is 0 Å². The maximum Gasteiger partial charge on any atom is 0.258 e. The summed E-state index contributed by atoms with van der Waals surface area (Å²) in [7, 11) is 0. The molecule has 0 aromatic heterocycles. The van der Waals surface area contributed by atoms with Crippen molar-refractivity contribution in [2.45, 2.75) is 44.3 Å². The monoisotopic (exact) mass is 338 g/mol. The van der Waals surface area contributed by atoms with Crippen molar-refractivity contribution >= 4 is 21.8 Å². The van der Waals surface area contributed by atoms with E-state index in [2.05, 4.69) is 26.6 Å². The molecule has 0 bridgehead atoms. The van der Waals surface area contributed by atoms with Crippen molar-refractivity contribution in [2.75, 3.05) is 6.61 Å². The fourth-order valence-corrected chi connectivity index (χ4v) is 2.55. The van der Waals surface area contributed by atoms with Gasteiger partial charge in [0.05, 0.1) is 4.47 Å². The van der Waals surface area contributed by atoms with E-state index in [-0.39, 0.29) is 12.5 Å². The number of benzene rings is 1.